The highest BCUT2D eigenvalue weighted by Gasteiger charge is 2.18. The van der Waals surface area contributed by atoms with Gasteiger partial charge in [-0.1, -0.05) is 0 Å². The Labute approximate surface area is 205 Å². The predicted octanol–water partition coefficient (Wildman–Crippen LogP) is 4.35. The first-order valence-electron chi connectivity index (χ1n) is 11.9. The molecule has 178 valence electrons. The van der Waals surface area contributed by atoms with Crippen molar-refractivity contribution in [2.45, 2.75) is 18.9 Å². The van der Waals surface area contributed by atoms with E-state index >= 15 is 0 Å². The molecule has 0 aliphatic carbocycles. The lowest BCUT2D eigenvalue weighted by Crippen LogP contribution is -2.34. The van der Waals surface area contributed by atoms with Gasteiger partial charge in [-0.3, -0.25) is 20.1 Å². The molecule has 1 fully saturated rings. The van der Waals surface area contributed by atoms with Crippen molar-refractivity contribution in [1.29, 1.82) is 0 Å². The summed E-state index contributed by atoms with van der Waals surface area (Å²) in [6.45, 7) is 1.95. The highest BCUT2D eigenvalue weighted by Crippen LogP contribution is 2.32. The number of H-pyrrole nitrogens is 2. The standard InChI is InChI=1S/C26H22N8O2/c1-5-27-6-2-17(1)36-18-9-16(11-28-12-18)21-10-19-22(13-30-21)33-34-24(19)26-31-20-3-7-29-23(25(20)32-26)15-4-8-35-14-15/h3-4,7-14,17,27H,1-2,5-6H2,(H,31,32)(H,33,34). The monoisotopic (exact) mass is 478 g/mol. The van der Waals surface area contributed by atoms with Crippen LogP contribution in [0, 0.1) is 0 Å². The van der Waals surface area contributed by atoms with Crippen molar-refractivity contribution in [3.63, 3.8) is 0 Å². The number of ether oxygens (including phenoxy) is 1. The van der Waals surface area contributed by atoms with E-state index < -0.39 is 0 Å². The van der Waals surface area contributed by atoms with E-state index in [4.69, 9.17) is 14.1 Å². The van der Waals surface area contributed by atoms with Crippen molar-refractivity contribution in [1.82, 2.24) is 40.4 Å². The third-order valence-corrected chi connectivity index (χ3v) is 6.46. The second-order valence-electron chi connectivity index (χ2n) is 8.82. The quantitative estimate of drug-likeness (QED) is 0.333. The molecular weight excluding hydrogens is 456 g/mol. The molecule has 10 heteroatoms. The molecule has 36 heavy (non-hydrogen) atoms. The van der Waals surface area contributed by atoms with Crippen molar-refractivity contribution in [2.75, 3.05) is 13.1 Å². The Morgan fingerprint density at radius 2 is 1.89 bits per heavy atom. The van der Waals surface area contributed by atoms with Crippen LogP contribution in [0.4, 0.5) is 0 Å². The van der Waals surface area contributed by atoms with Gasteiger partial charge in [-0.05, 0) is 50.2 Å². The normalized spacial score (nSPS) is 14.6. The average Bonchev–Trinajstić information content (AvgIpc) is 3.68. The summed E-state index contributed by atoms with van der Waals surface area (Å²) in [5.74, 6) is 1.40. The minimum Gasteiger partial charge on any atom is -0.489 e. The largest absolute Gasteiger partial charge is 0.489 e. The maximum absolute atomic E-state index is 6.18. The summed E-state index contributed by atoms with van der Waals surface area (Å²) in [7, 11) is 0. The van der Waals surface area contributed by atoms with Crippen molar-refractivity contribution in [3.05, 3.63) is 61.6 Å². The van der Waals surface area contributed by atoms with Crippen LogP contribution in [0.1, 0.15) is 12.8 Å². The number of piperidine rings is 1. The van der Waals surface area contributed by atoms with Gasteiger partial charge in [-0.15, -0.1) is 0 Å². The lowest BCUT2D eigenvalue weighted by molar-refractivity contribution is 0.162. The topological polar surface area (TPSA) is 130 Å². The van der Waals surface area contributed by atoms with Crippen LogP contribution in [0.3, 0.4) is 0 Å². The van der Waals surface area contributed by atoms with Crippen LogP contribution in [0.25, 0.3) is 56.0 Å². The molecule has 0 aromatic carbocycles. The fraction of sp³-hybridized carbons (Fsp3) is 0.192. The van der Waals surface area contributed by atoms with Gasteiger partial charge in [0.2, 0.25) is 0 Å². The lowest BCUT2D eigenvalue weighted by Gasteiger charge is -2.23. The van der Waals surface area contributed by atoms with E-state index in [2.05, 4.69) is 35.5 Å². The molecule has 6 aromatic rings. The van der Waals surface area contributed by atoms with Gasteiger partial charge in [0.15, 0.2) is 5.82 Å². The number of hydrogen-bond donors (Lipinski definition) is 3. The first-order valence-corrected chi connectivity index (χ1v) is 11.9. The van der Waals surface area contributed by atoms with E-state index in [-0.39, 0.29) is 6.10 Å². The smallest absolute Gasteiger partial charge is 0.159 e. The number of furan rings is 1. The van der Waals surface area contributed by atoms with Gasteiger partial charge in [-0.2, -0.15) is 5.10 Å². The minimum absolute atomic E-state index is 0.203. The summed E-state index contributed by atoms with van der Waals surface area (Å²) in [5.41, 5.74) is 6.44. The molecule has 7 heterocycles. The number of nitrogens with zero attached hydrogens (tertiary/aromatic N) is 5. The first kappa shape index (κ1) is 20.8. The Morgan fingerprint density at radius 1 is 0.944 bits per heavy atom. The van der Waals surface area contributed by atoms with Crippen molar-refractivity contribution >= 4 is 21.9 Å². The van der Waals surface area contributed by atoms with Gasteiger partial charge in [0.1, 0.15) is 28.8 Å². The van der Waals surface area contributed by atoms with Gasteiger partial charge >= 0.3 is 0 Å². The summed E-state index contributed by atoms with van der Waals surface area (Å²) in [6, 6.07) is 7.76. The number of aromatic amines is 2. The molecule has 10 nitrogen and oxygen atoms in total. The predicted molar refractivity (Wildman–Crippen MR) is 134 cm³/mol. The zero-order valence-corrected chi connectivity index (χ0v) is 19.2. The Morgan fingerprint density at radius 3 is 2.78 bits per heavy atom. The SMILES string of the molecule is c1cc2[nH]c(-c3n[nH]c4cnc(-c5cncc(OC6CCNCC6)c5)cc34)nc2c(-c2ccoc2)n1. The second-order valence-corrected chi connectivity index (χ2v) is 8.82. The molecule has 0 unspecified atom stereocenters. The van der Waals surface area contributed by atoms with Crippen LogP contribution in [0.15, 0.2) is 66.0 Å². The Hall–Kier alpha value is -4.57. The molecular formula is C26H22N8O2. The fourth-order valence-electron chi connectivity index (χ4n) is 4.64. The number of rotatable bonds is 5. The highest BCUT2D eigenvalue weighted by atomic mass is 16.5. The molecule has 6 aromatic heterocycles. The lowest BCUT2D eigenvalue weighted by atomic mass is 10.1. The number of imidazole rings is 1. The van der Waals surface area contributed by atoms with Crippen molar-refractivity contribution < 1.29 is 9.15 Å². The van der Waals surface area contributed by atoms with Gasteiger partial charge in [0.25, 0.3) is 0 Å². The van der Waals surface area contributed by atoms with E-state index in [9.17, 15) is 0 Å². The van der Waals surface area contributed by atoms with E-state index in [1.54, 1.807) is 37.3 Å². The number of pyridine rings is 3. The zero-order chi connectivity index (χ0) is 23.9. The van der Waals surface area contributed by atoms with Crippen LogP contribution in [0.5, 0.6) is 5.75 Å². The van der Waals surface area contributed by atoms with Gasteiger partial charge < -0.3 is 19.5 Å². The average molecular weight is 479 g/mol. The Balaban J connectivity index is 1.26. The third-order valence-electron chi connectivity index (χ3n) is 6.46. The molecule has 0 saturated carbocycles. The summed E-state index contributed by atoms with van der Waals surface area (Å²) < 4.78 is 11.4. The summed E-state index contributed by atoms with van der Waals surface area (Å²) >= 11 is 0. The van der Waals surface area contributed by atoms with Crippen LogP contribution in [-0.4, -0.2) is 54.3 Å². The zero-order valence-electron chi connectivity index (χ0n) is 19.2. The number of aromatic nitrogens is 7. The molecule has 0 spiro atoms. The molecule has 0 amide bonds. The number of hydrogen-bond acceptors (Lipinski definition) is 8. The van der Waals surface area contributed by atoms with Crippen molar-refractivity contribution in [2.24, 2.45) is 0 Å². The Kier molecular flexibility index (Phi) is 4.95. The molecule has 0 bridgehead atoms. The van der Waals surface area contributed by atoms with E-state index in [1.165, 1.54) is 0 Å². The van der Waals surface area contributed by atoms with Crippen LogP contribution >= 0.6 is 0 Å². The Bertz CT molecular complexity index is 1660. The molecule has 1 saturated heterocycles. The number of nitrogens with one attached hydrogen (secondary N) is 3. The molecule has 1 aliphatic rings. The minimum atomic E-state index is 0.203. The molecule has 1 aliphatic heterocycles. The van der Waals surface area contributed by atoms with Gasteiger partial charge in [0, 0.05) is 28.9 Å². The highest BCUT2D eigenvalue weighted by molar-refractivity contribution is 5.96. The second kappa shape index (κ2) is 8.58. The van der Waals surface area contributed by atoms with E-state index in [1.807, 2.05) is 24.3 Å². The van der Waals surface area contributed by atoms with Gasteiger partial charge in [-0.25, -0.2) is 4.98 Å². The molecule has 3 N–H and O–H groups in total. The summed E-state index contributed by atoms with van der Waals surface area (Å²) in [5, 5.41) is 11.9. The van der Waals surface area contributed by atoms with E-state index in [0.717, 1.165) is 76.1 Å². The first-order chi connectivity index (χ1) is 17.8. The third kappa shape index (κ3) is 3.68. The van der Waals surface area contributed by atoms with E-state index in [0.29, 0.717) is 11.5 Å². The maximum Gasteiger partial charge on any atom is 0.159 e. The molecule has 0 atom stereocenters. The molecule has 7 rings (SSSR count). The fourth-order valence-corrected chi connectivity index (χ4v) is 4.64. The van der Waals surface area contributed by atoms with Crippen LogP contribution in [0.2, 0.25) is 0 Å². The number of fused-ring (bicyclic) bond motifs is 2. The van der Waals surface area contributed by atoms with Crippen molar-refractivity contribution in [3.8, 4) is 39.8 Å². The van der Waals surface area contributed by atoms with Gasteiger partial charge in [0.05, 0.1) is 41.6 Å². The molecule has 0 radical (unpaired) electrons. The van der Waals surface area contributed by atoms with Crippen LogP contribution in [-0.2, 0) is 0 Å². The summed E-state index contributed by atoms with van der Waals surface area (Å²) in [4.78, 5) is 21.8. The maximum atomic E-state index is 6.18. The van der Waals surface area contributed by atoms with Crippen LogP contribution < -0.4 is 10.1 Å². The summed E-state index contributed by atoms with van der Waals surface area (Å²) in [6.07, 6.45) is 12.6.